The van der Waals surface area contributed by atoms with Crippen molar-refractivity contribution in [2.75, 3.05) is 31.2 Å². The number of ether oxygens (including phenoxy) is 1. The number of morpholine rings is 1. The second-order valence-corrected chi connectivity index (χ2v) is 4.27. The summed E-state index contributed by atoms with van der Waals surface area (Å²) in [5, 5.41) is 0. The van der Waals surface area contributed by atoms with Crippen LogP contribution in [0.15, 0.2) is 29.2 Å². The van der Waals surface area contributed by atoms with Crippen LogP contribution in [-0.2, 0) is 15.8 Å². The van der Waals surface area contributed by atoms with E-state index in [2.05, 4.69) is 4.90 Å². The van der Waals surface area contributed by atoms with E-state index in [1.807, 2.05) is 12.1 Å². The van der Waals surface area contributed by atoms with Gasteiger partial charge in [-0.2, -0.15) is 0 Å². The Morgan fingerprint density at radius 3 is 2.33 bits per heavy atom. The van der Waals surface area contributed by atoms with Gasteiger partial charge in [0, 0.05) is 23.7 Å². The third-order valence-corrected chi connectivity index (χ3v) is 3.06. The zero-order valence-corrected chi connectivity index (χ0v) is 9.03. The Morgan fingerprint density at radius 1 is 1.20 bits per heavy atom. The van der Waals surface area contributed by atoms with Gasteiger partial charge in [-0.25, -0.2) is 0 Å². The molecule has 5 heteroatoms. The van der Waals surface area contributed by atoms with Crippen molar-refractivity contribution >= 4 is 16.8 Å². The molecule has 0 radical (unpaired) electrons. The van der Waals surface area contributed by atoms with E-state index in [1.165, 1.54) is 0 Å². The van der Waals surface area contributed by atoms with E-state index in [0.717, 1.165) is 32.0 Å². The first kappa shape index (κ1) is 10.6. The van der Waals surface area contributed by atoms with Crippen molar-refractivity contribution in [2.45, 2.75) is 4.90 Å². The molecule has 1 atom stereocenters. The number of hydrogen-bond acceptors (Lipinski definition) is 4. The lowest BCUT2D eigenvalue weighted by atomic mass is 10.2. The molecule has 0 saturated carbocycles. The van der Waals surface area contributed by atoms with Gasteiger partial charge in [0.05, 0.1) is 13.2 Å². The summed E-state index contributed by atoms with van der Waals surface area (Å²) in [5.74, 6) is 0. The first-order valence-electron chi connectivity index (χ1n) is 4.79. The van der Waals surface area contributed by atoms with Crippen LogP contribution in [-0.4, -0.2) is 35.1 Å². The summed E-state index contributed by atoms with van der Waals surface area (Å²) < 4.78 is 26.6. The first-order valence-corrected chi connectivity index (χ1v) is 5.87. The summed E-state index contributed by atoms with van der Waals surface area (Å²) in [6.45, 7) is 3.18. The maximum absolute atomic E-state index is 10.7. The molecule has 1 aliphatic heterocycles. The van der Waals surface area contributed by atoms with Gasteiger partial charge in [-0.1, -0.05) is 0 Å². The highest BCUT2D eigenvalue weighted by Crippen LogP contribution is 2.17. The lowest BCUT2D eigenvalue weighted by Crippen LogP contribution is -2.36. The first-order chi connectivity index (χ1) is 7.27. The maximum Gasteiger partial charge on any atom is 0.0642 e. The molecule has 1 fully saturated rings. The predicted molar refractivity (Wildman–Crippen MR) is 56.7 cm³/mol. The Balaban J connectivity index is 2.11. The van der Waals surface area contributed by atoms with Gasteiger partial charge in [0.1, 0.15) is 0 Å². The lowest BCUT2D eigenvalue weighted by Gasteiger charge is -2.28. The van der Waals surface area contributed by atoms with Crippen LogP contribution in [0.5, 0.6) is 0 Å². The average molecular weight is 226 g/mol. The minimum absolute atomic E-state index is 0.326. The maximum atomic E-state index is 10.7. The van der Waals surface area contributed by atoms with Crippen molar-refractivity contribution < 1.29 is 13.5 Å². The number of anilines is 1. The predicted octanol–water partition coefficient (Wildman–Crippen LogP) is 0.761. The number of hydrogen-bond donors (Lipinski definition) is 0. The average Bonchev–Trinajstić information content (AvgIpc) is 2.30. The molecule has 1 heterocycles. The van der Waals surface area contributed by atoms with Gasteiger partial charge in [-0.15, -0.1) is 0 Å². The molecule has 0 aliphatic carbocycles. The molecule has 1 aliphatic rings. The van der Waals surface area contributed by atoms with Crippen LogP contribution >= 0.6 is 0 Å². The monoisotopic (exact) mass is 226 g/mol. The number of rotatable bonds is 2. The fourth-order valence-electron chi connectivity index (χ4n) is 1.59. The SMILES string of the molecule is O=S([O-])c1ccc(N2CCOCC2)cc1. The van der Waals surface area contributed by atoms with E-state index in [4.69, 9.17) is 4.74 Å². The van der Waals surface area contributed by atoms with Crippen molar-refractivity contribution in [3.05, 3.63) is 24.3 Å². The molecule has 2 rings (SSSR count). The van der Waals surface area contributed by atoms with Crippen molar-refractivity contribution in [3.8, 4) is 0 Å². The fourth-order valence-corrected chi connectivity index (χ4v) is 1.95. The van der Waals surface area contributed by atoms with E-state index in [0.29, 0.717) is 4.90 Å². The van der Waals surface area contributed by atoms with Crippen LogP contribution in [0, 0.1) is 0 Å². The van der Waals surface area contributed by atoms with Crippen LogP contribution in [0.4, 0.5) is 5.69 Å². The highest BCUT2D eigenvalue weighted by atomic mass is 32.2. The molecule has 82 valence electrons. The summed E-state index contributed by atoms with van der Waals surface area (Å²) >= 11 is -2.14. The molecule has 1 aromatic carbocycles. The Labute approximate surface area is 91.1 Å². The van der Waals surface area contributed by atoms with Gasteiger partial charge >= 0.3 is 0 Å². The molecule has 1 unspecified atom stereocenters. The molecule has 1 aromatic rings. The van der Waals surface area contributed by atoms with Gasteiger partial charge in [0.25, 0.3) is 0 Å². The summed E-state index contributed by atoms with van der Waals surface area (Å²) in [4.78, 5) is 2.51. The van der Waals surface area contributed by atoms with Crippen LogP contribution in [0.2, 0.25) is 0 Å². The molecule has 0 amide bonds. The molecule has 4 nitrogen and oxygen atoms in total. The minimum atomic E-state index is -2.14. The largest absolute Gasteiger partial charge is 0.768 e. The van der Waals surface area contributed by atoms with Gasteiger partial charge < -0.3 is 14.2 Å². The third kappa shape index (κ3) is 2.56. The number of nitrogens with zero attached hydrogens (tertiary/aromatic N) is 1. The quantitative estimate of drug-likeness (QED) is 0.699. The molecule has 0 bridgehead atoms. The summed E-state index contributed by atoms with van der Waals surface area (Å²) in [5.41, 5.74) is 1.05. The highest BCUT2D eigenvalue weighted by molar-refractivity contribution is 7.79. The van der Waals surface area contributed by atoms with Gasteiger partial charge in [-0.3, -0.25) is 4.21 Å². The second kappa shape index (κ2) is 4.74. The number of benzene rings is 1. The van der Waals surface area contributed by atoms with Gasteiger partial charge in [0.2, 0.25) is 0 Å². The summed E-state index contributed by atoms with van der Waals surface area (Å²) in [7, 11) is 0. The van der Waals surface area contributed by atoms with E-state index in [1.54, 1.807) is 12.1 Å². The molecular weight excluding hydrogens is 214 g/mol. The normalized spacial score (nSPS) is 18.9. The van der Waals surface area contributed by atoms with Crippen molar-refractivity contribution in [2.24, 2.45) is 0 Å². The molecule has 0 N–H and O–H groups in total. The zero-order valence-electron chi connectivity index (χ0n) is 8.22. The Bertz CT molecular complexity index is 346. The molecule has 15 heavy (non-hydrogen) atoms. The smallest absolute Gasteiger partial charge is 0.0642 e. The standard InChI is InChI=1S/C10H13NO3S/c12-15(13)10-3-1-9(2-4-10)11-5-7-14-8-6-11/h1-4H,5-8H2,(H,12,13)/p-1. The summed E-state index contributed by atoms with van der Waals surface area (Å²) in [6, 6.07) is 6.90. The molecule has 0 aromatic heterocycles. The van der Waals surface area contributed by atoms with Crippen molar-refractivity contribution in [1.29, 1.82) is 0 Å². The lowest BCUT2D eigenvalue weighted by molar-refractivity contribution is 0.122. The molecular formula is C10H12NO3S-. The van der Waals surface area contributed by atoms with Crippen molar-refractivity contribution in [3.63, 3.8) is 0 Å². The Kier molecular flexibility index (Phi) is 3.35. The van der Waals surface area contributed by atoms with Crippen LogP contribution in [0.25, 0.3) is 0 Å². The zero-order chi connectivity index (χ0) is 10.7. The van der Waals surface area contributed by atoms with E-state index in [-0.39, 0.29) is 0 Å². The molecule has 0 spiro atoms. The van der Waals surface area contributed by atoms with Gasteiger partial charge in [0.15, 0.2) is 0 Å². The van der Waals surface area contributed by atoms with E-state index >= 15 is 0 Å². The topological polar surface area (TPSA) is 52.6 Å². The van der Waals surface area contributed by atoms with Crippen LogP contribution in [0.3, 0.4) is 0 Å². The highest BCUT2D eigenvalue weighted by Gasteiger charge is 2.10. The fraction of sp³-hybridized carbons (Fsp3) is 0.400. The van der Waals surface area contributed by atoms with Crippen LogP contribution in [0.1, 0.15) is 0 Å². The van der Waals surface area contributed by atoms with E-state index in [9.17, 15) is 8.76 Å². The van der Waals surface area contributed by atoms with Gasteiger partial charge in [-0.05, 0) is 35.3 Å². The van der Waals surface area contributed by atoms with Crippen LogP contribution < -0.4 is 4.90 Å². The summed E-state index contributed by atoms with van der Waals surface area (Å²) in [6.07, 6.45) is 0. The van der Waals surface area contributed by atoms with E-state index < -0.39 is 11.1 Å². The van der Waals surface area contributed by atoms with Crippen molar-refractivity contribution in [1.82, 2.24) is 0 Å². The second-order valence-electron chi connectivity index (χ2n) is 3.33. The third-order valence-electron chi connectivity index (χ3n) is 2.41. The Morgan fingerprint density at radius 2 is 1.80 bits per heavy atom. The molecule has 1 saturated heterocycles. The Hall–Kier alpha value is -0.910. The minimum Gasteiger partial charge on any atom is -0.768 e.